The molecule has 23 heavy (non-hydrogen) atoms. The predicted molar refractivity (Wildman–Crippen MR) is 86.2 cm³/mol. The Morgan fingerprint density at radius 1 is 1.13 bits per heavy atom. The monoisotopic (exact) mass is 314 g/mol. The van der Waals surface area contributed by atoms with Gasteiger partial charge in [-0.1, -0.05) is 12.1 Å². The van der Waals surface area contributed by atoms with Gasteiger partial charge in [0, 0.05) is 18.7 Å². The Morgan fingerprint density at radius 2 is 1.78 bits per heavy atom. The van der Waals surface area contributed by atoms with Crippen molar-refractivity contribution >= 4 is 5.69 Å². The van der Waals surface area contributed by atoms with Gasteiger partial charge in [-0.3, -0.25) is 10.1 Å². The molecule has 0 bridgehead atoms. The molecule has 120 valence electrons. The summed E-state index contributed by atoms with van der Waals surface area (Å²) in [6.07, 6.45) is 0.902. The number of nitrogens with one attached hydrogen (secondary N) is 1. The second-order valence-corrected chi connectivity index (χ2v) is 5.39. The normalized spacial score (nSPS) is 16.5. The number of nitro benzene ring substituents is 1. The summed E-state index contributed by atoms with van der Waals surface area (Å²) >= 11 is 0. The fourth-order valence-electron chi connectivity index (χ4n) is 2.97. The Morgan fingerprint density at radius 3 is 2.39 bits per heavy atom. The number of nitro groups is 1. The SMILES string of the molecule is COc1cc2c(cc1OC)[C@H](c1ccc([N+](=O)[O-])cc1)NCC2. The van der Waals surface area contributed by atoms with Crippen molar-refractivity contribution in [3.05, 3.63) is 63.2 Å². The minimum Gasteiger partial charge on any atom is -0.493 e. The maximum absolute atomic E-state index is 10.8. The number of fused-ring (bicyclic) bond motifs is 1. The summed E-state index contributed by atoms with van der Waals surface area (Å²) in [4.78, 5) is 10.4. The molecule has 6 nitrogen and oxygen atoms in total. The Kier molecular flexibility index (Phi) is 4.16. The second kappa shape index (κ2) is 6.26. The van der Waals surface area contributed by atoms with Gasteiger partial charge in [-0.2, -0.15) is 0 Å². The summed E-state index contributed by atoms with van der Waals surface area (Å²) < 4.78 is 10.8. The molecule has 0 saturated heterocycles. The van der Waals surface area contributed by atoms with Crippen molar-refractivity contribution in [2.24, 2.45) is 0 Å². The van der Waals surface area contributed by atoms with E-state index in [2.05, 4.69) is 5.32 Å². The number of benzene rings is 2. The van der Waals surface area contributed by atoms with Crippen LogP contribution in [0, 0.1) is 10.1 Å². The van der Waals surface area contributed by atoms with Crippen LogP contribution in [0.2, 0.25) is 0 Å². The van der Waals surface area contributed by atoms with E-state index in [1.54, 1.807) is 26.4 Å². The molecule has 0 radical (unpaired) electrons. The Labute approximate surface area is 134 Å². The molecule has 1 N–H and O–H groups in total. The van der Waals surface area contributed by atoms with Crippen LogP contribution in [0.3, 0.4) is 0 Å². The molecule has 6 heteroatoms. The van der Waals surface area contributed by atoms with Gasteiger partial charge >= 0.3 is 0 Å². The van der Waals surface area contributed by atoms with E-state index in [9.17, 15) is 10.1 Å². The van der Waals surface area contributed by atoms with E-state index in [1.807, 2.05) is 12.1 Å². The first-order valence-corrected chi connectivity index (χ1v) is 7.36. The second-order valence-electron chi connectivity index (χ2n) is 5.39. The molecule has 0 amide bonds. The molecule has 1 aliphatic heterocycles. The third kappa shape index (κ3) is 2.85. The fourth-order valence-corrected chi connectivity index (χ4v) is 2.97. The lowest BCUT2D eigenvalue weighted by molar-refractivity contribution is -0.384. The lowest BCUT2D eigenvalue weighted by atomic mass is 9.89. The zero-order chi connectivity index (χ0) is 16.4. The Bertz CT molecular complexity index is 728. The summed E-state index contributed by atoms with van der Waals surface area (Å²) in [6.45, 7) is 0.837. The predicted octanol–water partition coefficient (Wildman–Crippen LogP) is 2.85. The molecular weight excluding hydrogens is 296 g/mol. The lowest BCUT2D eigenvalue weighted by Crippen LogP contribution is -2.30. The van der Waals surface area contributed by atoms with Crippen LogP contribution in [0.15, 0.2) is 36.4 Å². The highest BCUT2D eigenvalue weighted by molar-refractivity contribution is 5.52. The van der Waals surface area contributed by atoms with Crippen LogP contribution in [-0.2, 0) is 6.42 Å². The molecule has 0 saturated carbocycles. The highest BCUT2D eigenvalue weighted by Gasteiger charge is 2.24. The van der Waals surface area contributed by atoms with Gasteiger partial charge in [-0.05, 0) is 35.2 Å². The molecule has 1 aliphatic rings. The van der Waals surface area contributed by atoms with Gasteiger partial charge in [-0.15, -0.1) is 0 Å². The van der Waals surface area contributed by atoms with E-state index in [4.69, 9.17) is 9.47 Å². The zero-order valence-electron chi connectivity index (χ0n) is 13.0. The fraction of sp³-hybridized carbons (Fsp3) is 0.294. The van der Waals surface area contributed by atoms with Crippen molar-refractivity contribution in [1.82, 2.24) is 5.32 Å². The molecule has 0 fully saturated rings. The van der Waals surface area contributed by atoms with Gasteiger partial charge in [0.05, 0.1) is 25.2 Å². The van der Waals surface area contributed by atoms with Crippen LogP contribution < -0.4 is 14.8 Å². The smallest absolute Gasteiger partial charge is 0.269 e. The first-order chi connectivity index (χ1) is 11.1. The van der Waals surface area contributed by atoms with Crippen LogP contribution in [0.4, 0.5) is 5.69 Å². The van der Waals surface area contributed by atoms with Crippen molar-refractivity contribution in [2.45, 2.75) is 12.5 Å². The average Bonchev–Trinajstić information content (AvgIpc) is 2.60. The number of methoxy groups -OCH3 is 2. The van der Waals surface area contributed by atoms with E-state index in [-0.39, 0.29) is 16.7 Å². The van der Waals surface area contributed by atoms with Crippen LogP contribution in [0.5, 0.6) is 11.5 Å². The molecule has 0 unspecified atom stereocenters. The van der Waals surface area contributed by atoms with Crippen molar-refractivity contribution in [1.29, 1.82) is 0 Å². The summed E-state index contributed by atoms with van der Waals surface area (Å²) in [5.41, 5.74) is 3.40. The summed E-state index contributed by atoms with van der Waals surface area (Å²) in [5.74, 6) is 1.40. The minimum atomic E-state index is -0.389. The third-order valence-electron chi connectivity index (χ3n) is 4.14. The number of hydrogen-bond acceptors (Lipinski definition) is 5. The summed E-state index contributed by atoms with van der Waals surface area (Å²) in [7, 11) is 3.24. The van der Waals surface area contributed by atoms with E-state index >= 15 is 0 Å². The number of non-ortho nitro benzene ring substituents is 1. The number of rotatable bonds is 4. The molecule has 2 aromatic carbocycles. The van der Waals surface area contributed by atoms with Crippen LogP contribution in [0.1, 0.15) is 22.7 Å². The standard InChI is InChI=1S/C17H18N2O4/c1-22-15-9-12-7-8-18-17(14(12)10-16(15)23-2)11-3-5-13(6-4-11)19(20)21/h3-6,9-10,17-18H,7-8H2,1-2H3/t17-/m0/s1. The maximum Gasteiger partial charge on any atom is 0.269 e. The van der Waals surface area contributed by atoms with Gasteiger partial charge in [0.2, 0.25) is 0 Å². The first kappa shape index (κ1) is 15.3. The highest BCUT2D eigenvalue weighted by atomic mass is 16.6. The Hall–Kier alpha value is -2.60. The van der Waals surface area contributed by atoms with Gasteiger partial charge in [-0.25, -0.2) is 0 Å². The number of nitrogens with zero attached hydrogens (tertiary/aromatic N) is 1. The minimum absolute atomic E-state index is 0.0145. The van der Waals surface area contributed by atoms with E-state index < -0.39 is 0 Å². The summed E-state index contributed by atoms with van der Waals surface area (Å²) in [6, 6.07) is 10.6. The molecule has 3 rings (SSSR count). The van der Waals surface area contributed by atoms with Crippen LogP contribution in [-0.4, -0.2) is 25.7 Å². The first-order valence-electron chi connectivity index (χ1n) is 7.36. The van der Waals surface area contributed by atoms with E-state index in [0.29, 0.717) is 5.75 Å². The molecule has 2 aromatic rings. The van der Waals surface area contributed by atoms with Gasteiger partial charge in [0.25, 0.3) is 5.69 Å². The maximum atomic E-state index is 10.8. The zero-order valence-corrected chi connectivity index (χ0v) is 13.0. The molecular formula is C17H18N2O4. The quantitative estimate of drug-likeness (QED) is 0.694. The molecule has 0 spiro atoms. The highest BCUT2D eigenvalue weighted by Crippen LogP contribution is 2.37. The van der Waals surface area contributed by atoms with E-state index in [0.717, 1.165) is 29.8 Å². The number of hydrogen-bond donors (Lipinski definition) is 1. The van der Waals surface area contributed by atoms with Crippen molar-refractivity contribution in [2.75, 3.05) is 20.8 Å². The summed E-state index contributed by atoms with van der Waals surface area (Å²) in [5, 5.41) is 14.3. The van der Waals surface area contributed by atoms with Crippen molar-refractivity contribution < 1.29 is 14.4 Å². The molecule has 1 heterocycles. The lowest BCUT2D eigenvalue weighted by Gasteiger charge is -2.28. The Balaban J connectivity index is 2.02. The number of ether oxygens (including phenoxy) is 2. The molecule has 0 aromatic heterocycles. The van der Waals surface area contributed by atoms with Gasteiger partial charge in [0.15, 0.2) is 11.5 Å². The topological polar surface area (TPSA) is 73.6 Å². The third-order valence-corrected chi connectivity index (χ3v) is 4.14. The van der Waals surface area contributed by atoms with Crippen LogP contribution >= 0.6 is 0 Å². The van der Waals surface area contributed by atoms with Crippen molar-refractivity contribution in [3.63, 3.8) is 0 Å². The largest absolute Gasteiger partial charge is 0.493 e. The van der Waals surface area contributed by atoms with E-state index in [1.165, 1.54) is 17.7 Å². The average molecular weight is 314 g/mol. The molecule has 0 aliphatic carbocycles. The molecule has 1 atom stereocenters. The van der Waals surface area contributed by atoms with Crippen LogP contribution in [0.25, 0.3) is 0 Å². The van der Waals surface area contributed by atoms with Gasteiger partial charge in [0.1, 0.15) is 0 Å². The van der Waals surface area contributed by atoms with Crippen molar-refractivity contribution in [3.8, 4) is 11.5 Å². The van der Waals surface area contributed by atoms with Gasteiger partial charge < -0.3 is 14.8 Å².